The molecule has 41 heavy (non-hydrogen) atoms. The van der Waals surface area contributed by atoms with E-state index in [-0.39, 0.29) is 25.0 Å². The molecule has 0 N–H and O–H groups in total. The normalized spacial score (nSPS) is 22.0. The van der Waals surface area contributed by atoms with Crippen molar-refractivity contribution in [3.8, 4) is 28.1 Å². The Balaban J connectivity index is 1.24. The third-order valence-corrected chi connectivity index (χ3v) is 8.35. The first kappa shape index (κ1) is 27.5. The van der Waals surface area contributed by atoms with E-state index in [0.717, 1.165) is 73.3 Å². The first-order valence-corrected chi connectivity index (χ1v) is 14.6. The number of amides is 1. The van der Waals surface area contributed by atoms with Gasteiger partial charge in [-0.3, -0.25) is 4.68 Å². The summed E-state index contributed by atoms with van der Waals surface area (Å²) in [6, 6.07) is 9.03. The van der Waals surface area contributed by atoms with Gasteiger partial charge in [0.2, 0.25) is 0 Å². The van der Waals surface area contributed by atoms with E-state index in [1.807, 2.05) is 57.2 Å². The van der Waals surface area contributed by atoms with Gasteiger partial charge >= 0.3 is 6.09 Å². The van der Waals surface area contributed by atoms with E-state index in [1.165, 1.54) is 5.56 Å². The molecule has 0 aliphatic carbocycles. The molecule has 2 unspecified atom stereocenters. The highest BCUT2D eigenvalue weighted by atomic mass is 16.7. The van der Waals surface area contributed by atoms with Crippen LogP contribution in [0.15, 0.2) is 36.7 Å². The van der Waals surface area contributed by atoms with Gasteiger partial charge in [-0.1, -0.05) is 6.07 Å². The van der Waals surface area contributed by atoms with Gasteiger partial charge in [-0.05, 0) is 88.6 Å². The quantitative estimate of drug-likeness (QED) is 0.379. The van der Waals surface area contributed by atoms with Gasteiger partial charge in [0.1, 0.15) is 11.4 Å². The summed E-state index contributed by atoms with van der Waals surface area (Å²) in [4.78, 5) is 17.4. The van der Waals surface area contributed by atoms with Gasteiger partial charge in [-0.25, -0.2) is 4.79 Å². The second kappa shape index (κ2) is 11.0. The van der Waals surface area contributed by atoms with Crippen LogP contribution in [0.4, 0.5) is 10.6 Å². The van der Waals surface area contributed by atoms with E-state index < -0.39 is 5.60 Å². The average molecular weight is 561 g/mol. The van der Waals surface area contributed by atoms with Gasteiger partial charge in [0.25, 0.3) is 0 Å². The second-order valence-electron chi connectivity index (χ2n) is 12.4. The lowest BCUT2D eigenvalue weighted by Gasteiger charge is -2.45. The number of hydrogen-bond acceptors (Lipinski definition) is 8. The standard InChI is InChI=1S/C31H40N6O4/c1-31(2,3)41-30(38)37-23-9-10-24(37)16-25(15-23)36-12-6-7-21-13-27(33-34-29(21)36)26-11-8-20(14-28(26)40-19-39-5)22-17-32-35(4)18-22/h8,11,13-14,17-18,23-25H,6-7,9-10,12,15-16,19H2,1-5H3. The molecular formula is C31H40N6O4. The number of ether oxygens (including phenoxy) is 3. The van der Waals surface area contributed by atoms with Crippen LogP contribution in [0.3, 0.4) is 0 Å². The number of carbonyl (C=O) groups is 1. The van der Waals surface area contributed by atoms with Crippen LogP contribution >= 0.6 is 0 Å². The minimum absolute atomic E-state index is 0.139. The van der Waals surface area contributed by atoms with Crippen molar-refractivity contribution < 1.29 is 19.0 Å². The molecule has 1 amide bonds. The number of carbonyl (C=O) groups excluding carboxylic acids is 1. The lowest BCUT2D eigenvalue weighted by molar-refractivity contribution is 0.00576. The van der Waals surface area contributed by atoms with Crippen LogP contribution in [0, 0.1) is 0 Å². The van der Waals surface area contributed by atoms with Crippen molar-refractivity contribution >= 4 is 11.9 Å². The van der Waals surface area contributed by atoms with Crippen molar-refractivity contribution in [2.24, 2.45) is 7.05 Å². The summed E-state index contributed by atoms with van der Waals surface area (Å²) in [5, 5.41) is 13.8. The van der Waals surface area contributed by atoms with Crippen LogP contribution in [0.5, 0.6) is 5.75 Å². The third-order valence-electron chi connectivity index (χ3n) is 8.35. The van der Waals surface area contributed by atoms with Gasteiger partial charge < -0.3 is 24.0 Å². The first-order valence-electron chi connectivity index (χ1n) is 14.6. The molecular weight excluding hydrogens is 520 g/mol. The highest BCUT2D eigenvalue weighted by Gasteiger charge is 2.46. The Labute approximate surface area is 241 Å². The number of fused-ring (bicyclic) bond motifs is 3. The number of rotatable bonds is 6. The molecule has 1 aromatic carbocycles. The zero-order valence-corrected chi connectivity index (χ0v) is 24.7. The van der Waals surface area contributed by atoms with E-state index in [9.17, 15) is 4.79 Å². The van der Waals surface area contributed by atoms with Crippen LogP contribution in [0.1, 0.15) is 58.4 Å². The summed E-state index contributed by atoms with van der Waals surface area (Å²) in [7, 11) is 3.52. The fourth-order valence-corrected chi connectivity index (χ4v) is 6.62. The Bertz CT molecular complexity index is 1400. The molecule has 3 aliphatic rings. The maximum Gasteiger partial charge on any atom is 0.410 e. The molecule has 0 radical (unpaired) electrons. The van der Waals surface area contributed by atoms with Crippen LogP contribution in [0.2, 0.25) is 0 Å². The van der Waals surface area contributed by atoms with Crippen LogP contribution in [-0.4, -0.2) is 75.1 Å². The molecule has 10 nitrogen and oxygen atoms in total. The number of anilines is 1. The molecule has 218 valence electrons. The number of nitrogens with zero attached hydrogens (tertiary/aromatic N) is 6. The molecule has 2 fully saturated rings. The van der Waals surface area contributed by atoms with Crippen molar-refractivity contribution in [2.75, 3.05) is 25.3 Å². The van der Waals surface area contributed by atoms with Crippen LogP contribution < -0.4 is 9.64 Å². The van der Waals surface area contributed by atoms with Crippen molar-refractivity contribution in [3.05, 3.63) is 42.2 Å². The van der Waals surface area contributed by atoms with Crippen LogP contribution in [0.25, 0.3) is 22.4 Å². The molecule has 0 spiro atoms. The minimum Gasteiger partial charge on any atom is -0.467 e. The summed E-state index contributed by atoms with van der Waals surface area (Å²) in [5.41, 5.74) is 4.41. The summed E-state index contributed by atoms with van der Waals surface area (Å²) in [5.74, 6) is 1.67. The molecule has 10 heteroatoms. The lowest BCUT2D eigenvalue weighted by atomic mass is 9.93. The Morgan fingerprint density at radius 3 is 2.51 bits per heavy atom. The predicted octanol–water partition coefficient (Wildman–Crippen LogP) is 5.21. The SMILES string of the molecule is COCOc1cc(-c2cnn(C)c2)ccc1-c1cc2c(nn1)N(C1CC3CCC(C1)N3C(=O)OC(C)(C)C)CCC2. The van der Waals surface area contributed by atoms with Gasteiger partial charge in [-0.15, -0.1) is 10.2 Å². The molecule has 6 rings (SSSR count). The van der Waals surface area contributed by atoms with E-state index >= 15 is 0 Å². The molecule has 3 aliphatic heterocycles. The maximum absolute atomic E-state index is 13.0. The van der Waals surface area contributed by atoms with Crippen LogP contribution in [-0.2, 0) is 22.9 Å². The van der Waals surface area contributed by atoms with E-state index in [1.54, 1.807) is 11.8 Å². The minimum atomic E-state index is -0.486. The Morgan fingerprint density at radius 2 is 1.83 bits per heavy atom. The van der Waals surface area contributed by atoms with Gasteiger partial charge in [0, 0.05) is 56.2 Å². The van der Waals surface area contributed by atoms with Crippen molar-refractivity contribution in [3.63, 3.8) is 0 Å². The maximum atomic E-state index is 13.0. The van der Waals surface area contributed by atoms with E-state index in [2.05, 4.69) is 22.1 Å². The summed E-state index contributed by atoms with van der Waals surface area (Å²) in [6.07, 6.45) is 9.60. The Hall–Kier alpha value is -3.66. The average Bonchev–Trinajstić information content (AvgIpc) is 3.50. The third kappa shape index (κ3) is 5.62. The molecule has 2 aromatic heterocycles. The van der Waals surface area contributed by atoms with Gasteiger partial charge in [-0.2, -0.15) is 5.10 Å². The molecule has 2 saturated heterocycles. The number of hydrogen-bond donors (Lipinski definition) is 0. The summed E-state index contributed by atoms with van der Waals surface area (Å²) < 4.78 is 18.7. The lowest BCUT2D eigenvalue weighted by Crippen LogP contribution is -2.54. The first-order chi connectivity index (χ1) is 19.7. The molecule has 2 atom stereocenters. The van der Waals surface area contributed by atoms with E-state index in [0.29, 0.717) is 11.8 Å². The molecule has 5 heterocycles. The fourth-order valence-electron chi connectivity index (χ4n) is 6.62. The Morgan fingerprint density at radius 1 is 1.05 bits per heavy atom. The van der Waals surface area contributed by atoms with E-state index in [4.69, 9.17) is 24.4 Å². The number of aromatic nitrogens is 4. The fraction of sp³-hybridized carbons (Fsp3) is 0.548. The second-order valence-corrected chi connectivity index (χ2v) is 12.4. The van der Waals surface area contributed by atoms with Crippen molar-refractivity contribution in [2.45, 2.75) is 83.0 Å². The zero-order chi connectivity index (χ0) is 28.7. The number of methoxy groups -OCH3 is 1. The number of aryl methyl sites for hydroxylation is 2. The molecule has 2 bridgehead atoms. The highest BCUT2D eigenvalue weighted by molar-refractivity contribution is 5.75. The molecule has 0 saturated carbocycles. The predicted molar refractivity (Wildman–Crippen MR) is 156 cm³/mol. The number of benzene rings is 1. The largest absolute Gasteiger partial charge is 0.467 e. The summed E-state index contributed by atoms with van der Waals surface area (Å²) >= 11 is 0. The smallest absolute Gasteiger partial charge is 0.410 e. The van der Waals surface area contributed by atoms with Gasteiger partial charge in [0.05, 0.1) is 11.9 Å². The summed E-state index contributed by atoms with van der Waals surface area (Å²) in [6.45, 7) is 6.89. The molecule has 3 aromatic rings. The Kier molecular flexibility index (Phi) is 7.36. The monoisotopic (exact) mass is 560 g/mol. The zero-order valence-electron chi connectivity index (χ0n) is 24.7. The van der Waals surface area contributed by atoms with Gasteiger partial charge in [0.15, 0.2) is 12.6 Å². The number of piperidine rings is 1. The van der Waals surface area contributed by atoms with Crippen molar-refractivity contribution in [1.29, 1.82) is 0 Å². The van der Waals surface area contributed by atoms with Crippen molar-refractivity contribution in [1.82, 2.24) is 24.9 Å². The highest BCUT2D eigenvalue weighted by Crippen LogP contribution is 2.42. The topological polar surface area (TPSA) is 94.8 Å².